The maximum atomic E-state index is 12.9. The van der Waals surface area contributed by atoms with Crippen molar-refractivity contribution in [3.8, 4) is 0 Å². The number of esters is 1. The van der Waals surface area contributed by atoms with Gasteiger partial charge in [0.15, 0.2) is 10.8 Å². The van der Waals surface area contributed by atoms with Crippen LogP contribution in [0.4, 0.5) is 5.13 Å². The van der Waals surface area contributed by atoms with Crippen LogP contribution in [-0.2, 0) is 38.4 Å². The predicted molar refractivity (Wildman–Crippen MR) is 121 cm³/mol. The Morgan fingerprint density at radius 3 is 2.49 bits per heavy atom. The number of ether oxygens (including phenoxy) is 1. The van der Waals surface area contributed by atoms with Crippen LogP contribution in [0.1, 0.15) is 32.4 Å². The standard InChI is InChI=1S/C17H19N5O10S.2Na.2H/c1-16(2,13(26)27)32-21-10(8-6-33-15(18)20-8)11(24)19-7-5-30-22(12(7)25)17(14(28)29)4-3-9(23)31-17;;;;/h6-7H,3-5H2,1-2H3,(H2,18,20)(H,19,24)(H,26,27)(H,28,29);;;;/t7-,17?;;;;/m0..../s1. The van der Waals surface area contributed by atoms with E-state index in [0.29, 0.717) is 5.06 Å². The van der Waals surface area contributed by atoms with Gasteiger partial charge in [0.2, 0.25) is 5.60 Å². The van der Waals surface area contributed by atoms with Crippen LogP contribution in [0.3, 0.4) is 0 Å². The van der Waals surface area contributed by atoms with E-state index >= 15 is 0 Å². The molecule has 1 aromatic rings. The van der Waals surface area contributed by atoms with Crippen molar-refractivity contribution in [2.45, 2.75) is 44.1 Å². The first-order valence-corrected chi connectivity index (χ1v) is 10.2. The quantitative estimate of drug-likeness (QED) is 0.117. The molecular formula is C17H21N5Na2O10S. The monoisotopic (exact) mass is 533 g/mol. The number of nitrogen functional groups attached to an aromatic ring is 1. The molecule has 3 heterocycles. The van der Waals surface area contributed by atoms with Crippen LogP contribution in [-0.4, -0.2) is 139 Å². The second-order valence-electron chi connectivity index (χ2n) is 7.44. The molecule has 2 atom stereocenters. The molecule has 2 aliphatic heterocycles. The van der Waals surface area contributed by atoms with Gasteiger partial charge < -0.3 is 30.8 Å². The van der Waals surface area contributed by atoms with E-state index in [1.54, 1.807) is 0 Å². The summed E-state index contributed by atoms with van der Waals surface area (Å²) in [5.41, 5.74) is 0.910. The van der Waals surface area contributed by atoms with Crippen molar-refractivity contribution in [1.29, 1.82) is 0 Å². The Kier molecular flexibility index (Phi) is 10.7. The summed E-state index contributed by atoms with van der Waals surface area (Å²) in [5, 5.41) is 26.4. The number of hydrogen-bond donors (Lipinski definition) is 4. The Labute approximate surface area is 245 Å². The topological polar surface area (TPSA) is 220 Å². The van der Waals surface area contributed by atoms with Gasteiger partial charge in [0.1, 0.15) is 18.3 Å². The molecule has 0 aromatic carbocycles. The molecule has 15 nitrogen and oxygen atoms in total. The van der Waals surface area contributed by atoms with Crippen molar-refractivity contribution in [3.63, 3.8) is 0 Å². The molecule has 2 fully saturated rings. The Bertz CT molecular complexity index is 1060. The van der Waals surface area contributed by atoms with Gasteiger partial charge in [-0.25, -0.2) is 14.6 Å². The van der Waals surface area contributed by atoms with Gasteiger partial charge in [0.25, 0.3) is 11.8 Å². The van der Waals surface area contributed by atoms with Crippen LogP contribution in [0.5, 0.6) is 0 Å². The zero-order valence-electron chi connectivity index (χ0n) is 17.3. The molecule has 1 aromatic heterocycles. The number of hydroxylamine groups is 2. The van der Waals surface area contributed by atoms with E-state index in [2.05, 4.69) is 15.5 Å². The summed E-state index contributed by atoms with van der Waals surface area (Å²) >= 11 is 0.974. The number of carboxylic acid groups (broad SMARTS) is 2. The number of aromatic nitrogens is 1. The summed E-state index contributed by atoms with van der Waals surface area (Å²) in [4.78, 5) is 74.1. The van der Waals surface area contributed by atoms with E-state index < -0.39 is 59.4 Å². The third-order valence-electron chi connectivity index (χ3n) is 4.65. The zero-order chi connectivity index (χ0) is 24.6. The summed E-state index contributed by atoms with van der Waals surface area (Å²) in [6.45, 7) is 1.93. The number of thiazole rings is 1. The molecule has 0 saturated carbocycles. The van der Waals surface area contributed by atoms with Crippen LogP contribution in [0.2, 0.25) is 0 Å². The van der Waals surface area contributed by atoms with Gasteiger partial charge in [-0.2, -0.15) is 5.06 Å². The maximum absolute atomic E-state index is 12.9. The minimum atomic E-state index is -2.34. The normalized spacial score (nSPS) is 22.1. The summed E-state index contributed by atoms with van der Waals surface area (Å²) in [6.07, 6.45) is -0.578. The van der Waals surface area contributed by atoms with Crippen LogP contribution in [0.15, 0.2) is 10.5 Å². The average molecular weight is 533 g/mol. The van der Waals surface area contributed by atoms with E-state index in [1.165, 1.54) is 19.2 Å². The molecular weight excluding hydrogens is 512 g/mol. The Balaban J connectivity index is 0.00000306. The van der Waals surface area contributed by atoms with Crippen molar-refractivity contribution < 1.29 is 48.6 Å². The van der Waals surface area contributed by atoms with E-state index in [-0.39, 0.29) is 82.8 Å². The zero-order valence-corrected chi connectivity index (χ0v) is 18.1. The molecule has 0 aliphatic carbocycles. The molecule has 0 radical (unpaired) electrons. The number of anilines is 1. The fourth-order valence-corrected chi connectivity index (χ4v) is 3.33. The number of nitrogens with two attached hydrogens (primary N) is 1. The SMILES string of the molecule is CC(C)(ON=C(C(=O)N[C@H]1CON(C2(C(=O)O)CCC(=O)O2)C1=O)c1csc(N)n1)C(=O)O.[NaH].[NaH]. The molecule has 5 N–H and O–H groups in total. The van der Waals surface area contributed by atoms with E-state index in [1.807, 2.05) is 0 Å². The molecule has 2 aliphatic rings. The van der Waals surface area contributed by atoms with Crippen molar-refractivity contribution in [1.82, 2.24) is 15.4 Å². The van der Waals surface area contributed by atoms with Gasteiger partial charge in [-0.15, -0.1) is 11.3 Å². The number of oxime groups is 1. The number of carbonyl (C=O) groups excluding carboxylic acids is 3. The number of cyclic esters (lactones) is 1. The van der Waals surface area contributed by atoms with Crippen molar-refractivity contribution in [2.75, 3.05) is 12.3 Å². The van der Waals surface area contributed by atoms with E-state index in [0.717, 1.165) is 11.3 Å². The molecule has 18 heteroatoms. The number of carboxylic acids is 2. The number of nitrogens with one attached hydrogen (secondary N) is 1. The number of rotatable bonds is 8. The van der Waals surface area contributed by atoms with Crippen molar-refractivity contribution in [3.05, 3.63) is 11.1 Å². The van der Waals surface area contributed by atoms with E-state index in [9.17, 15) is 34.2 Å². The fraction of sp³-hybridized carbons (Fsp3) is 0.471. The summed E-state index contributed by atoms with van der Waals surface area (Å²) in [5.74, 6) is -5.78. The number of hydrogen-bond acceptors (Lipinski definition) is 12. The van der Waals surface area contributed by atoms with Gasteiger partial charge >= 0.3 is 82.7 Å². The van der Waals surface area contributed by atoms with Crippen molar-refractivity contribution in [2.24, 2.45) is 5.16 Å². The molecule has 182 valence electrons. The predicted octanol–water partition coefficient (Wildman–Crippen LogP) is -2.61. The van der Waals surface area contributed by atoms with E-state index in [4.69, 9.17) is 20.1 Å². The van der Waals surface area contributed by atoms with Gasteiger partial charge in [-0.05, 0) is 13.8 Å². The first kappa shape index (κ1) is 31.2. The Morgan fingerprint density at radius 2 is 2.00 bits per heavy atom. The molecule has 2 saturated heterocycles. The molecule has 35 heavy (non-hydrogen) atoms. The second kappa shape index (κ2) is 12.0. The van der Waals surface area contributed by atoms with Gasteiger partial charge in [0.05, 0.1) is 6.42 Å². The van der Waals surface area contributed by atoms with Gasteiger partial charge in [-0.3, -0.25) is 19.2 Å². The summed E-state index contributed by atoms with van der Waals surface area (Å²) in [7, 11) is 0. The first-order valence-electron chi connectivity index (χ1n) is 9.31. The molecule has 0 bridgehead atoms. The first-order chi connectivity index (χ1) is 15.4. The van der Waals surface area contributed by atoms with Gasteiger partial charge in [-0.1, -0.05) is 5.16 Å². The Hall–Kier alpha value is -1.79. The number of carbonyl (C=O) groups is 5. The molecule has 1 unspecified atom stereocenters. The van der Waals surface area contributed by atoms with Crippen LogP contribution >= 0.6 is 11.3 Å². The van der Waals surface area contributed by atoms with Crippen molar-refractivity contribution >= 4 is 111 Å². The molecule has 2 amide bonds. The fourth-order valence-electron chi connectivity index (χ4n) is 2.78. The third kappa shape index (κ3) is 6.51. The molecule has 3 rings (SSSR count). The number of nitrogens with zero attached hydrogens (tertiary/aromatic N) is 3. The Morgan fingerprint density at radius 1 is 1.34 bits per heavy atom. The number of aliphatic carboxylic acids is 2. The molecule has 0 spiro atoms. The average Bonchev–Trinajstić information content (AvgIpc) is 3.42. The summed E-state index contributed by atoms with van der Waals surface area (Å²) < 4.78 is 4.84. The third-order valence-corrected chi connectivity index (χ3v) is 5.32. The second-order valence-corrected chi connectivity index (χ2v) is 8.33. The van der Waals surface area contributed by atoms with Crippen LogP contribution in [0, 0.1) is 0 Å². The van der Waals surface area contributed by atoms with Crippen LogP contribution < -0.4 is 11.1 Å². The van der Waals surface area contributed by atoms with Crippen LogP contribution in [0.25, 0.3) is 0 Å². The minimum absolute atomic E-state index is 0. The summed E-state index contributed by atoms with van der Waals surface area (Å²) in [6, 6.07) is -1.37. The number of amides is 2. The van der Waals surface area contributed by atoms with Gasteiger partial charge in [0, 0.05) is 11.8 Å².